The number of aliphatic carboxylic acids is 1. The van der Waals surface area contributed by atoms with Gasteiger partial charge in [0.15, 0.2) is 18.9 Å². The Labute approximate surface area is 246 Å². The van der Waals surface area contributed by atoms with Crippen molar-refractivity contribution >= 4 is 35.5 Å². The van der Waals surface area contributed by atoms with E-state index in [1.165, 1.54) is 48.2 Å². The lowest BCUT2D eigenvalue weighted by Crippen LogP contribution is -2.71. The molecule has 5 N–H and O–H groups in total. The van der Waals surface area contributed by atoms with Crippen LogP contribution in [0.1, 0.15) is 5.76 Å². The third-order valence-electron chi connectivity index (χ3n) is 6.80. The van der Waals surface area contributed by atoms with Gasteiger partial charge in [0.1, 0.15) is 28.7 Å². The van der Waals surface area contributed by atoms with Gasteiger partial charge in [-0.05, 0) is 23.8 Å². The minimum Gasteiger partial charge on any atom is -0.477 e. The summed E-state index contributed by atoms with van der Waals surface area (Å²) in [5, 5.41) is 11.9. The quantitative estimate of drug-likeness (QED) is 0.131. The van der Waals surface area contributed by atoms with Crippen molar-refractivity contribution in [1.82, 2.24) is 20.3 Å². The third kappa shape index (κ3) is 5.93. The fourth-order valence-corrected chi connectivity index (χ4v) is 6.18. The number of nitrogens with one attached hydrogen (secondary N) is 2. The van der Waals surface area contributed by atoms with E-state index in [0.29, 0.717) is 16.9 Å². The number of rotatable bonds is 10. The zero-order valence-corrected chi connectivity index (χ0v) is 23.4. The average molecular weight is 614 g/mol. The summed E-state index contributed by atoms with van der Waals surface area (Å²) in [6.45, 7) is -0.113. The number of amides is 3. The van der Waals surface area contributed by atoms with Crippen molar-refractivity contribution in [2.24, 2.45) is 5.73 Å². The number of pyridine rings is 1. The summed E-state index contributed by atoms with van der Waals surface area (Å²) in [6, 6.07) is 6.67. The number of nitrogens with zero attached hydrogens (tertiary/aromatic N) is 3. The molecule has 1 fully saturated rings. The molecule has 2 aliphatic heterocycles. The fourth-order valence-electron chi connectivity index (χ4n) is 4.84. The fraction of sp³-hybridized carbons (Fsp3) is 0.259. The first-order chi connectivity index (χ1) is 20.6. The van der Waals surface area contributed by atoms with E-state index in [4.69, 9.17) is 10.2 Å². The first kappa shape index (κ1) is 29.7. The highest BCUT2D eigenvalue weighted by molar-refractivity contribution is 8.00. The standard InChI is InChI=1S/C27H25FN6O8S/c1-41-31-20(35)9-17-12-33(27(40)42-17)16-2-3-18(19(28)8-16)14-4-6-32(7-5-14)11-15-13-43-25-22(30-21(36)10-29)24(37)34(25)23(15)26(38)39/h2-8,12,22,25H,9-11,13,29H2,1H3,(H2-,30,31,35,36,38,39)/p+1/t22-,25+/m1/s1. The van der Waals surface area contributed by atoms with Crippen LogP contribution in [-0.4, -0.2) is 69.1 Å². The number of hydroxylamine groups is 1. The van der Waals surface area contributed by atoms with Gasteiger partial charge in [0, 0.05) is 29.0 Å². The number of carbonyl (C=O) groups is 4. The number of halogens is 1. The van der Waals surface area contributed by atoms with Crippen molar-refractivity contribution in [3.8, 4) is 16.8 Å². The van der Waals surface area contributed by atoms with Gasteiger partial charge in [0.05, 0.1) is 32.0 Å². The first-order valence-corrected chi connectivity index (χ1v) is 13.9. The summed E-state index contributed by atoms with van der Waals surface area (Å²) in [5.74, 6) is -3.79. The number of thioether (sulfide) groups is 1. The zero-order valence-electron chi connectivity index (χ0n) is 22.6. The molecule has 3 amide bonds. The van der Waals surface area contributed by atoms with E-state index >= 15 is 4.39 Å². The van der Waals surface area contributed by atoms with Gasteiger partial charge < -0.3 is 20.6 Å². The summed E-state index contributed by atoms with van der Waals surface area (Å²) in [7, 11) is 1.27. The normalized spacial score (nSPS) is 17.7. The van der Waals surface area contributed by atoms with Gasteiger partial charge in [-0.2, -0.15) is 0 Å². The molecular weight excluding hydrogens is 587 g/mol. The largest absolute Gasteiger partial charge is 0.477 e. The Kier molecular flexibility index (Phi) is 8.43. The molecule has 3 aromatic rings. The highest BCUT2D eigenvalue weighted by atomic mass is 32.2. The number of hydrogen-bond donors (Lipinski definition) is 4. The molecule has 43 heavy (non-hydrogen) atoms. The second-order valence-corrected chi connectivity index (χ2v) is 10.7. The number of carboxylic acids is 1. The number of fused-ring (bicyclic) bond motifs is 1. The second kappa shape index (κ2) is 12.2. The van der Waals surface area contributed by atoms with Crippen LogP contribution < -0.4 is 26.9 Å². The molecule has 16 heteroatoms. The van der Waals surface area contributed by atoms with E-state index in [-0.39, 0.29) is 42.2 Å². The molecule has 0 bridgehead atoms. The molecular formula is C27H26FN6O8S+. The highest BCUT2D eigenvalue weighted by Crippen LogP contribution is 2.40. The van der Waals surface area contributed by atoms with Crippen LogP contribution in [0.3, 0.4) is 0 Å². The Morgan fingerprint density at radius 1 is 1.21 bits per heavy atom. The van der Waals surface area contributed by atoms with Gasteiger partial charge in [-0.1, -0.05) is 0 Å². The zero-order chi connectivity index (χ0) is 30.8. The number of aromatic nitrogens is 2. The van der Waals surface area contributed by atoms with Crippen molar-refractivity contribution in [3.05, 3.63) is 82.3 Å². The lowest BCUT2D eigenvalue weighted by Gasteiger charge is -2.49. The Bertz CT molecular complexity index is 1700. The van der Waals surface area contributed by atoms with Crippen molar-refractivity contribution in [3.63, 3.8) is 0 Å². The summed E-state index contributed by atoms with van der Waals surface area (Å²) in [4.78, 5) is 66.1. The number of oxazole rings is 1. The molecule has 4 heterocycles. The monoisotopic (exact) mass is 613 g/mol. The van der Waals surface area contributed by atoms with Gasteiger partial charge in [-0.3, -0.25) is 24.1 Å². The molecule has 0 saturated carbocycles. The van der Waals surface area contributed by atoms with Gasteiger partial charge in [0.2, 0.25) is 5.91 Å². The second-order valence-electron chi connectivity index (χ2n) is 9.58. The average Bonchev–Trinajstić information content (AvgIpc) is 3.35. The van der Waals surface area contributed by atoms with Crippen molar-refractivity contribution < 1.29 is 42.5 Å². The minimum absolute atomic E-state index is 0.0707. The molecule has 1 aromatic carbocycles. The Morgan fingerprint density at radius 2 is 1.95 bits per heavy atom. The molecule has 5 rings (SSSR count). The summed E-state index contributed by atoms with van der Waals surface area (Å²) >= 11 is 1.34. The van der Waals surface area contributed by atoms with Gasteiger partial charge in [0.25, 0.3) is 11.8 Å². The summed E-state index contributed by atoms with van der Waals surface area (Å²) in [5.41, 5.74) is 8.79. The van der Waals surface area contributed by atoms with Crippen LogP contribution in [0, 0.1) is 5.82 Å². The van der Waals surface area contributed by atoms with Crippen LogP contribution in [0.4, 0.5) is 4.39 Å². The van der Waals surface area contributed by atoms with Crippen LogP contribution in [0.2, 0.25) is 0 Å². The molecule has 2 aromatic heterocycles. The van der Waals surface area contributed by atoms with E-state index in [1.807, 2.05) is 0 Å². The van der Waals surface area contributed by atoms with Gasteiger partial charge in [-0.15, -0.1) is 11.8 Å². The molecule has 0 radical (unpaired) electrons. The topological polar surface area (TPSA) is 190 Å². The van der Waals surface area contributed by atoms with Crippen molar-refractivity contribution in [2.45, 2.75) is 24.4 Å². The van der Waals surface area contributed by atoms with E-state index in [1.54, 1.807) is 29.1 Å². The van der Waals surface area contributed by atoms with E-state index in [9.17, 15) is 29.1 Å². The molecule has 224 valence electrons. The van der Waals surface area contributed by atoms with Crippen molar-refractivity contribution in [2.75, 3.05) is 19.4 Å². The Balaban J connectivity index is 1.31. The Morgan fingerprint density at radius 3 is 2.60 bits per heavy atom. The number of carboxylic acid groups (broad SMARTS) is 1. The predicted molar refractivity (Wildman–Crippen MR) is 147 cm³/mol. The maximum atomic E-state index is 15.2. The number of benzene rings is 1. The molecule has 2 atom stereocenters. The van der Waals surface area contributed by atoms with E-state index < -0.39 is 46.7 Å². The van der Waals surface area contributed by atoms with Crippen LogP contribution >= 0.6 is 11.8 Å². The SMILES string of the molecule is CONC(=O)Cc1cn(-c2ccc(-c3cc[n+](CC4=C(C(=O)O)N5C(=O)[C@@H](NC(=O)CN)[C@@H]5SC4)cc3)c(F)c2)c(=O)o1. The lowest BCUT2D eigenvalue weighted by molar-refractivity contribution is -0.689. The number of β-lactam (4-membered cyclic amide) rings is 1. The minimum atomic E-state index is -1.25. The van der Waals surface area contributed by atoms with Crippen LogP contribution in [0.25, 0.3) is 16.8 Å². The summed E-state index contributed by atoms with van der Waals surface area (Å²) < 4.78 is 23.0. The summed E-state index contributed by atoms with van der Waals surface area (Å²) in [6.07, 6.45) is 4.37. The molecule has 0 aliphatic carbocycles. The number of nitrogens with two attached hydrogens (primary N) is 1. The lowest BCUT2D eigenvalue weighted by atomic mass is 10.0. The predicted octanol–water partition coefficient (Wildman–Crippen LogP) is -0.558. The maximum absolute atomic E-state index is 15.2. The highest BCUT2D eigenvalue weighted by Gasteiger charge is 2.54. The van der Waals surface area contributed by atoms with Crippen LogP contribution in [0.15, 0.2) is 69.4 Å². The van der Waals surface area contributed by atoms with Crippen molar-refractivity contribution in [1.29, 1.82) is 0 Å². The van der Waals surface area contributed by atoms with E-state index in [0.717, 1.165) is 4.57 Å². The third-order valence-corrected chi connectivity index (χ3v) is 8.14. The number of carbonyl (C=O) groups excluding carboxylic acids is 3. The van der Waals surface area contributed by atoms with E-state index in [2.05, 4.69) is 15.6 Å². The Hall–Kier alpha value is -4.80. The number of hydrogen-bond acceptors (Lipinski definition) is 9. The molecule has 0 unspecified atom stereocenters. The molecule has 1 saturated heterocycles. The molecule has 2 aliphatic rings. The smallest absolute Gasteiger partial charge is 0.423 e. The first-order valence-electron chi connectivity index (χ1n) is 12.8. The molecule has 14 nitrogen and oxygen atoms in total. The van der Waals surface area contributed by atoms with Gasteiger partial charge in [-0.25, -0.2) is 28.6 Å². The van der Waals surface area contributed by atoms with Crippen LogP contribution in [-0.2, 0) is 37.0 Å². The van der Waals surface area contributed by atoms with Crippen LogP contribution in [0.5, 0.6) is 0 Å². The van der Waals surface area contributed by atoms with Gasteiger partial charge >= 0.3 is 11.7 Å². The maximum Gasteiger partial charge on any atom is 0.423 e. The molecule has 0 spiro atoms.